The molecule has 0 bridgehead atoms. The molecular formula is C15H11FN2O2S3. The average Bonchev–Trinajstić information content (AvgIpc) is 2.97. The molecule has 2 heterocycles. The first-order valence-electron chi connectivity index (χ1n) is 6.51. The Morgan fingerprint density at radius 3 is 2.87 bits per heavy atom. The van der Waals surface area contributed by atoms with E-state index < -0.39 is 5.97 Å². The van der Waals surface area contributed by atoms with Gasteiger partial charge in [-0.3, -0.25) is 4.79 Å². The number of aliphatic carboxylic acids is 1. The topological polar surface area (TPSA) is 63.1 Å². The molecule has 0 spiro atoms. The minimum atomic E-state index is -0.895. The van der Waals surface area contributed by atoms with E-state index in [1.54, 1.807) is 6.07 Å². The second kappa shape index (κ2) is 6.86. The fourth-order valence-electron chi connectivity index (χ4n) is 2.03. The van der Waals surface area contributed by atoms with Crippen molar-refractivity contribution in [1.82, 2.24) is 9.97 Å². The van der Waals surface area contributed by atoms with Crippen molar-refractivity contribution in [1.29, 1.82) is 0 Å². The van der Waals surface area contributed by atoms with E-state index in [-0.39, 0.29) is 11.6 Å². The zero-order valence-corrected chi connectivity index (χ0v) is 14.4. The highest BCUT2D eigenvalue weighted by molar-refractivity contribution is 8.00. The Morgan fingerprint density at radius 1 is 1.35 bits per heavy atom. The van der Waals surface area contributed by atoms with Crippen LogP contribution in [0.5, 0.6) is 0 Å². The smallest absolute Gasteiger partial charge is 0.313 e. The van der Waals surface area contributed by atoms with E-state index in [9.17, 15) is 9.18 Å². The van der Waals surface area contributed by atoms with Crippen LogP contribution in [-0.4, -0.2) is 33.1 Å². The van der Waals surface area contributed by atoms with Crippen LogP contribution in [0.4, 0.5) is 4.39 Å². The van der Waals surface area contributed by atoms with Crippen molar-refractivity contribution in [2.45, 2.75) is 9.92 Å². The quantitative estimate of drug-likeness (QED) is 0.533. The van der Waals surface area contributed by atoms with Crippen molar-refractivity contribution in [2.75, 3.05) is 12.0 Å². The lowest BCUT2D eigenvalue weighted by atomic mass is 10.2. The zero-order valence-electron chi connectivity index (χ0n) is 11.9. The molecule has 0 atom stereocenters. The van der Waals surface area contributed by atoms with Crippen LogP contribution in [0, 0.1) is 5.82 Å². The summed E-state index contributed by atoms with van der Waals surface area (Å²) in [5.74, 6) is -1.21. The van der Waals surface area contributed by atoms with Gasteiger partial charge in [-0.25, -0.2) is 14.4 Å². The highest BCUT2D eigenvalue weighted by atomic mass is 32.2. The number of thioether (sulfide) groups is 2. The number of nitrogens with zero attached hydrogens (tertiary/aromatic N) is 2. The molecular weight excluding hydrogens is 355 g/mol. The van der Waals surface area contributed by atoms with Gasteiger partial charge in [-0.05, 0) is 30.0 Å². The normalized spacial score (nSPS) is 11.0. The van der Waals surface area contributed by atoms with Gasteiger partial charge in [0.2, 0.25) is 0 Å². The molecule has 0 fully saturated rings. The van der Waals surface area contributed by atoms with Crippen molar-refractivity contribution in [3.8, 4) is 10.4 Å². The van der Waals surface area contributed by atoms with E-state index in [0.29, 0.717) is 9.92 Å². The van der Waals surface area contributed by atoms with Gasteiger partial charge in [0, 0.05) is 9.77 Å². The van der Waals surface area contributed by atoms with Crippen LogP contribution in [-0.2, 0) is 4.79 Å². The molecule has 1 aromatic carbocycles. The highest BCUT2D eigenvalue weighted by Crippen LogP contribution is 2.37. The number of thiophene rings is 1. The molecule has 2 aromatic heterocycles. The first-order chi connectivity index (χ1) is 11.1. The second-order valence-electron chi connectivity index (χ2n) is 4.54. The Labute approximate surface area is 144 Å². The molecule has 23 heavy (non-hydrogen) atoms. The van der Waals surface area contributed by atoms with Crippen molar-refractivity contribution in [3.05, 3.63) is 36.4 Å². The molecule has 3 aromatic rings. The molecule has 118 valence electrons. The number of hydrogen-bond acceptors (Lipinski definition) is 6. The number of carboxylic acids is 1. The summed E-state index contributed by atoms with van der Waals surface area (Å²) in [7, 11) is 0. The third-order valence-electron chi connectivity index (χ3n) is 3.05. The predicted molar refractivity (Wildman–Crippen MR) is 92.9 cm³/mol. The number of carbonyl (C=O) groups is 1. The molecule has 4 nitrogen and oxygen atoms in total. The molecule has 3 rings (SSSR count). The molecule has 0 aliphatic carbocycles. The minimum Gasteiger partial charge on any atom is -0.481 e. The standard InChI is InChI=1S/C15H11FN2O2S3/c1-21-11-3-2-8(4-9(11)16)12-5-10-14(23-12)15(18-7-17-10)22-6-13(19)20/h2-5,7H,6H2,1H3,(H,19,20). The lowest BCUT2D eigenvalue weighted by Crippen LogP contribution is -1.98. The van der Waals surface area contributed by atoms with Gasteiger partial charge in [-0.1, -0.05) is 17.8 Å². The molecule has 0 aliphatic heterocycles. The number of carboxylic acid groups (broad SMARTS) is 1. The van der Waals surface area contributed by atoms with Crippen molar-refractivity contribution < 1.29 is 14.3 Å². The highest BCUT2D eigenvalue weighted by Gasteiger charge is 2.13. The zero-order chi connectivity index (χ0) is 16.4. The predicted octanol–water partition coefficient (Wildman–Crippen LogP) is 4.40. The third-order valence-corrected chi connectivity index (χ3v) is 6.10. The van der Waals surface area contributed by atoms with E-state index >= 15 is 0 Å². The Hall–Kier alpha value is -1.64. The Morgan fingerprint density at radius 2 is 2.17 bits per heavy atom. The van der Waals surface area contributed by atoms with Gasteiger partial charge in [0.05, 0.1) is 16.0 Å². The maximum Gasteiger partial charge on any atom is 0.313 e. The van der Waals surface area contributed by atoms with Crippen LogP contribution < -0.4 is 0 Å². The number of fused-ring (bicyclic) bond motifs is 1. The summed E-state index contributed by atoms with van der Waals surface area (Å²) in [6.45, 7) is 0. The lowest BCUT2D eigenvalue weighted by molar-refractivity contribution is -0.133. The number of halogens is 1. The molecule has 1 N–H and O–H groups in total. The summed E-state index contributed by atoms with van der Waals surface area (Å²) < 4.78 is 14.8. The summed E-state index contributed by atoms with van der Waals surface area (Å²) in [5, 5.41) is 9.44. The van der Waals surface area contributed by atoms with Gasteiger partial charge in [-0.2, -0.15) is 0 Å². The Balaban J connectivity index is 2.01. The van der Waals surface area contributed by atoms with Crippen LogP contribution in [0.15, 0.2) is 40.5 Å². The number of rotatable bonds is 5. The molecule has 8 heteroatoms. The van der Waals surface area contributed by atoms with Gasteiger partial charge in [0.15, 0.2) is 0 Å². The van der Waals surface area contributed by atoms with Gasteiger partial charge in [0.25, 0.3) is 0 Å². The van der Waals surface area contributed by atoms with Crippen molar-refractivity contribution in [3.63, 3.8) is 0 Å². The summed E-state index contributed by atoms with van der Waals surface area (Å²) in [6, 6.07) is 7.01. The van der Waals surface area contributed by atoms with E-state index in [1.165, 1.54) is 35.5 Å². The van der Waals surface area contributed by atoms with Crippen molar-refractivity contribution >= 4 is 51.0 Å². The van der Waals surface area contributed by atoms with E-state index in [0.717, 1.165) is 32.4 Å². The van der Waals surface area contributed by atoms with Crippen LogP contribution in [0.2, 0.25) is 0 Å². The summed E-state index contributed by atoms with van der Waals surface area (Å²) in [5.41, 5.74) is 1.51. The fourth-order valence-corrected chi connectivity index (χ4v) is 4.40. The fraction of sp³-hybridized carbons (Fsp3) is 0.133. The molecule has 0 saturated carbocycles. The van der Waals surface area contributed by atoms with Gasteiger partial charge in [-0.15, -0.1) is 23.1 Å². The molecule has 0 unspecified atom stereocenters. The third kappa shape index (κ3) is 3.49. The van der Waals surface area contributed by atoms with E-state index in [4.69, 9.17) is 5.11 Å². The van der Waals surface area contributed by atoms with Gasteiger partial charge in [0.1, 0.15) is 17.2 Å². The summed E-state index contributed by atoms with van der Waals surface area (Å²) in [4.78, 5) is 20.6. The number of aromatic nitrogens is 2. The first-order valence-corrected chi connectivity index (χ1v) is 9.54. The van der Waals surface area contributed by atoms with Crippen LogP contribution in [0.3, 0.4) is 0 Å². The monoisotopic (exact) mass is 366 g/mol. The van der Waals surface area contributed by atoms with Gasteiger partial charge < -0.3 is 5.11 Å². The molecule has 0 aliphatic rings. The van der Waals surface area contributed by atoms with Crippen molar-refractivity contribution in [2.24, 2.45) is 0 Å². The summed E-state index contributed by atoms with van der Waals surface area (Å²) >= 11 is 3.96. The average molecular weight is 366 g/mol. The SMILES string of the molecule is CSc1ccc(-c2cc3ncnc(SCC(=O)O)c3s2)cc1F. The lowest BCUT2D eigenvalue weighted by Gasteiger charge is -2.01. The molecule has 0 saturated heterocycles. The van der Waals surface area contributed by atoms with E-state index in [2.05, 4.69) is 9.97 Å². The Kier molecular flexibility index (Phi) is 4.84. The van der Waals surface area contributed by atoms with E-state index in [1.807, 2.05) is 18.4 Å². The maximum absolute atomic E-state index is 14.0. The first kappa shape index (κ1) is 16.2. The van der Waals surface area contributed by atoms with Crippen LogP contribution >= 0.6 is 34.9 Å². The number of hydrogen-bond donors (Lipinski definition) is 1. The Bertz CT molecular complexity index is 882. The minimum absolute atomic E-state index is 0.0591. The molecule has 0 amide bonds. The van der Waals surface area contributed by atoms with Crippen LogP contribution in [0.1, 0.15) is 0 Å². The maximum atomic E-state index is 14.0. The second-order valence-corrected chi connectivity index (χ2v) is 7.40. The summed E-state index contributed by atoms with van der Waals surface area (Å²) in [6.07, 6.45) is 3.25. The number of benzene rings is 1. The van der Waals surface area contributed by atoms with Crippen LogP contribution in [0.25, 0.3) is 20.7 Å². The van der Waals surface area contributed by atoms with Gasteiger partial charge >= 0.3 is 5.97 Å². The largest absolute Gasteiger partial charge is 0.481 e. The molecule has 0 radical (unpaired) electrons.